The van der Waals surface area contributed by atoms with Gasteiger partial charge in [0.25, 0.3) is 0 Å². The molecule has 1 aliphatic rings. The maximum absolute atomic E-state index is 12.4. The molecule has 0 bridgehead atoms. The third kappa shape index (κ3) is 4.86. The normalized spacial score (nSPS) is 16.3. The van der Waals surface area contributed by atoms with E-state index in [2.05, 4.69) is 4.72 Å². The Hall–Kier alpha value is -2.97. The van der Waals surface area contributed by atoms with Crippen LogP contribution in [0.2, 0.25) is 0 Å². The summed E-state index contributed by atoms with van der Waals surface area (Å²) in [4.78, 5) is 26.4. The predicted molar refractivity (Wildman–Crippen MR) is 118 cm³/mol. The molecule has 0 aliphatic carbocycles. The number of hydrogen-bond donors (Lipinski definition) is 1. The number of aryl methyl sites for hydroxylation is 1. The van der Waals surface area contributed by atoms with Crippen LogP contribution in [0.1, 0.15) is 25.0 Å². The number of ether oxygens (including phenoxy) is 1. The zero-order valence-corrected chi connectivity index (χ0v) is 18.8. The van der Waals surface area contributed by atoms with Gasteiger partial charge in [-0.1, -0.05) is 49.7 Å². The maximum Gasteiger partial charge on any atom is 0.321 e. The number of sulfonamides is 1. The van der Waals surface area contributed by atoms with Crippen molar-refractivity contribution in [1.29, 1.82) is 0 Å². The Morgan fingerprint density at radius 3 is 2.39 bits per heavy atom. The van der Waals surface area contributed by atoms with Crippen molar-refractivity contribution in [3.05, 3.63) is 71.4 Å². The Labute approximate surface area is 182 Å². The molecule has 0 saturated carbocycles. The van der Waals surface area contributed by atoms with Crippen LogP contribution in [-0.4, -0.2) is 40.4 Å². The van der Waals surface area contributed by atoms with Crippen LogP contribution in [-0.2, 0) is 29.8 Å². The van der Waals surface area contributed by atoms with E-state index in [4.69, 9.17) is 4.74 Å². The molecule has 0 spiro atoms. The summed E-state index contributed by atoms with van der Waals surface area (Å²) in [5.74, 6) is -1.21. The standard InChI is InChI=1S/C23H26N2O5S/c1-16-9-11-18(12-10-16)31(28,29)24-14-22(27)30-15-17(26)13-21-23(2,3)19-7-5-6-8-20(19)25(21)4/h5-13,24H,14-15H2,1-4H3/b21-13+. The molecule has 3 rings (SSSR count). The van der Waals surface area contributed by atoms with E-state index in [1.54, 1.807) is 12.1 Å². The number of anilines is 1. The van der Waals surface area contributed by atoms with Gasteiger partial charge in [-0.3, -0.25) is 9.59 Å². The Balaban J connectivity index is 1.57. The van der Waals surface area contributed by atoms with E-state index in [-0.39, 0.29) is 16.1 Å². The average Bonchev–Trinajstić information content (AvgIpc) is 2.92. The van der Waals surface area contributed by atoms with Crippen molar-refractivity contribution in [1.82, 2.24) is 4.72 Å². The Kier molecular flexibility index (Phi) is 6.33. The first-order valence-electron chi connectivity index (χ1n) is 9.82. The lowest BCUT2D eigenvalue weighted by molar-refractivity contribution is -0.145. The van der Waals surface area contributed by atoms with E-state index in [1.165, 1.54) is 18.2 Å². The van der Waals surface area contributed by atoms with E-state index in [0.29, 0.717) is 0 Å². The summed E-state index contributed by atoms with van der Waals surface area (Å²) < 4.78 is 31.6. The Morgan fingerprint density at radius 1 is 1.10 bits per heavy atom. The van der Waals surface area contributed by atoms with Crippen molar-refractivity contribution in [3.8, 4) is 0 Å². The van der Waals surface area contributed by atoms with E-state index in [0.717, 1.165) is 22.5 Å². The molecule has 1 N–H and O–H groups in total. The van der Waals surface area contributed by atoms with Crippen molar-refractivity contribution in [2.45, 2.75) is 31.1 Å². The highest BCUT2D eigenvalue weighted by Crippen LogP contribution is 2.46. The van der Waals surface area contributed by atoms with Gasteiger partial charge in [0, 0.05) is 29.9 Å². The van der Waals surface area contributed by atoms with Crippen molar-refractivity contribution in [3.63, 3.8) is 0 Å². The second-order valence-electron chi connectivity index (χ2n) is 8.00. The molecule has 0 unspecified atom stereocenters. The molecule has 31 heavy (non-hydrogen) atoms. The van der Waals surface area contributed by atoms with Crippen LogP contribution in [0.5, 0.6) is 0 Å². The lowest BCUT2D eigenvalue weighted by atomic mass is 9.83. The quantitative estimate of drug-likeness (QED) is 0.524. The highest BCUT2D eigenvalue weighted by Gasteiger charge is 2.38. The van der Waals surface area contributed by atoms with Crippen molar-refractivity contribution < 1.29 is 22.7 Å². The van der Waals surface area contributed by atoms with Gasteiger partial charge in [0.1, 0.15) is 6.54 Å². The van der Waals surface area contributed by atoms with Crippen LogP contribution in [0.3, 0.4) is 0 Å². The number of allylic oxidation sites excluding steroid dienone is 1. The predicted octanol–water partition coefficient (Wildman–Crippen LogP) is 2.70. The minimum atomic E-state index is -3.84. The monoisotopic (exact) mass is 442 g/mol. The van der Waals surface area contributed by atoms with Crippen LogP contribution < -0.4 is 9.62 Å². The topological polar surface area (TPSA) is 92.8 Å². The molecule has 1 heterocycles. The van der Waals surface area contributed by atoms with Gasteiger partial charge in [0.2, 0.25) is 10.0 Å². The number of carbonyl (C=O) groups excluding carboxylic acids is 2. The first-order valence-corrected chi connectivity index (χ1v) is 11.3. The van der Waals surface area contributed by atoms with Gasteiger partial charge in [0.15, 0.2) is 12.4 Å². The summed E-state index contributed by atoms with van der Waals surface area (Å²) in [6.07, 6.45) is 1.48. The van der Waals surface area contributed by atoms with Gasteiger partial charge in [-0.05, 0) is 30.7 Å². The second kappa shape index (κ2) is 8.64. The number of hydrogen-bond acceptors (Lipinski definition) is 6. The van der Waals surface area contributed by atoms with Crippen LogP contribution in [0.4, 0.5) is 5.69 Å². The Morgan fingerprint density at radius 2 is 1.74 bits per heavy atom. The van der Waals surface area contributed by atoms with Crippen LogP contribution in [0.25, 0.3) is 0 Å². The van der Waals surface area contributed by atoms with E-state index in [9.17, 15) is 18.0 Å². The minimum absolute atomic E-state index is 0.0535. The SMILES string of the molecule is Cc1ccc(S(=O)(=O)NCC(=O)OCC(=O)/C=C2/N(C)c3ccccc3C2(C)C)cc1. The highest BCUT2D eigenvalue weighted by atomic mass is 32.2. The molecule has 0 atom stereocenters. The minimum Gasteiger partial charge on any atom is -0.456 e. The zero-order chi connectivity index (χ0) is 22.8. The first kappa shape index (κ1) is 22.7. The Bertz CT molecular complexity index is 1130. The molecular weight excluding hydrogens is 416 g/mol. The fraction of sp³-hybridized carbons (Fsp3) is 0.304. The first-order chi connectivity index (χ1) is 14.5. The number of rotatable bonds is 7. The second-order valence-corrected chi connectivity index (χ2v) is 9.76. The number of nitrogens with zero attached hydrogens (tertiary/aromatic N) is 1. The third-order valence-electron chi connectivity index (χ3n) is 5.35. The molecule has 164 valence electrons. The molecule has 2 aromatic carbocycles. The molecule has 8 heteroatoms. The molecule has 0 amide bonds. The summed E-state index contributed by atoms with van der Waals surface area (Å²) in [5, 5.41) is 0. The maximum atomic E-state index is 12.4. The molecular formula is C23H26N2O5S. The van der Waals surface area contributed by atoms with Gasteiger partial charge in [0.05, 0.1) is 4.90 Å². The number of ketones is 1. The lowest BCUT2D eigenvalue weighted by Gasteiger charge is -2.23. The van der Waals surface area contributed by atoms with Crippen LogP contribution >= 0.6 is 0 Å². The zero-order valence-electron chi connectivity index (χ0n) is 18.0. The summed E-state index contributed by atoms with van der Waals surface area (Å²) in [7, 11) is -1.95. The lowest BCUT2D eigenvalue weighted by Crippen LogP contribution is -2.31. The van der Waals surface area contributed by atoms with Crippen molar-refractivity contribution >= 4 is 27.5 Å². The largest absolute Gasteiger partial charge is 0.456 e. The van der Waals surface area contributed by atoms with Crippen LogP contribution in [0, 0.1) is 6.92 Å². The molecule has 0 radical (unpaired) electrons. The van der Waals surface area contributed by atoms with Gasteiger partial charge >= 0.3 is 5.97 Å². The summed E-state index contributed by atoms with van der Waals surface area (Å²) in [6, 6.07) is 14.2. The summed E-state index contributed by atoms with van der Waals surface area (Å²) in [5.41, 5.74) is 3.49. The number of para-hydroxylation sites is 1. The van der Waals surface area contributed by atoms with Crippen LogP contribution in [0.15, 0.2) is 65.2 Å². The number of carbonyl (C=O) groups is 2. The number of fused-ring (bicyclic) bond motifs is 1. The van der Waals surface area contributed by atoms with Gasteiger partial charge in [-0.15, -0.1) is 0 Å². The number of likely N-dealkylation sites (N-methyl/N-ethyl adjacent to an activating group) is 1. The van der Waals surface area contributed by atoms with E-state index in [1.807, 2.05) is 57.0 Å². The number of benzene rings is 2. The third-order valence-corrected chi connectivity index (χ3v) is 6.77. The number of esters is 1. The van der Waals surface area contributed by atoms with Gasteiger partial charge in [-0.25, -0.2) is 8.42 Å². The smallest absolute Gasteiger partial charge is 0.321 e. The number of nitrogens with one attached hydrogen (secondary N) is 1. The van der Waals surface area contributed by atoms with E-state index >= 15 is 0 Å². The fourth-order valence-electron chi connectivity index (χ4n) is 3.61. The highest BCUT2D eigenvalue weighted by molar-refractivity contribution is 7.89. The van der Waals surface area contributed by atoms with Gasteiger partial charge in [-0.2, -0.15) is 4.72 Å². The molecule has 1 aliphatic heterocycles. The van der Waals surface area contributed by atoms with Gasteiger partial charge < -0.3 is 9.64 Å². The van der Waals surface area contributed by atoms with Crippen molar-refractivity contribution in [2.75, 3.05) is 25.1 Å². The molecule has 0 aromatic heterocycles. The average molecular weight is 443 g/mol. The molecule has 2 aromatic rings. The fourth-order valence-corrected chi connectivity index (χ4v) is 4.58. The van der Waals surface area contributed by atoms with E-state index < -0.39 is 29.1 Å². The molecule has 0 saturated heterocycles. The molecule has 7 nitrogen and oxygen atoms in total. The van der Waals surface area contributed by atoms with Crippen molar-refractivity contribution in [2.24, 2.45) is 0 Å². The molecule has 0 fully saturated rings. The summed E-state index contributed by atoms with van der Waals surface area (Å²) >= 11 is 0. The summed E-state index contributed by atoms with van der Waals surface area (Å²) in [6.45, 7) is 4.88.